The van der Waals surface area contributed by atoms with Gasteiger partial charge in [0.05, 0.1) is 0 Å². The molecule has 19 heavy (non-hydrogen) atoms. The Balaban J connectivity index is 2.93. The zero-order valence-corrected chi connectivity index (χ0v) is 13.2. The minimum absolute atomic E-state index is 0.369. The molecule has 0 radical (unpaired) electrons. The van der Waals surface area contributed by atoms with Crippen molar-refractivity contribution < 1.29 is 5.11 Å². The van der Waals surface area contributed by atoms with Crippen molar-refractivity contribution in [2.24, 2.45) is 0 Å². The largest absolute Gasteiger partial charge is 0.396 e. The first-order valence-corrected chi connectivity index (χ1v) is 8.67. The number of hydrogen-bond donors (Lipinski definition) is 1. The molecular weight excluding hydrogens is 232 g/mol. The molecule has 0 rings (SSSR count). The molecule has 0 aromatic carbocycles. The standard InChI is InChI=1S/C18H36O/c1-2-3-4-5-6-7-8-9-10-11-12-13-14-15-16-17-18-19/h3-4,19H,2,5-18H2,1H3. The van der Waals surface area contributed by atoms with Gasteiger partial charge in [0.15, 0.2) is 0 Å². The van der Waals surface area contributed by atoms with Crippen LogP contribution in [0.1, 0.15) is 96.8 Å². The Morgan fingerprint density at radius 2 is 1.00 bits per heavy atom. The molecule has 114 valence electrons. The van der Waals surface area contributed by atoms with Crippen LogP contribution < -0.4 is 0 Å². The van der Waals surface area contributed by atoms with Crippen molar-refractivity contribution in [3.8, 4) is 0 Å². The first-order chi connectivity index (χ1) is 9.41. The second kappa shape index (κ2) is 17.7. The highest BCUT2D eigenvalue weighted by molar-refractivity contribution is 4.79. The van der Waals surface area contributed by atoms with Crippen LogP contribution in [-0.2, 0) is 0 Å². The Bertz CT molecular complexity index is 175. The maximum atomic E-state index is 8.67. The maximum Gasteiger partial charge on any atom is 0.0431 e. The van der Waals surface area contributed by atoms with Crippen LogP contribution in [0.25, 0.3) is 0 Å². The third kappa shape index (κ3) is 17.7. The van der Waals surface area contributed by atoms with Crippen molar-refractivity contribution in [3.63, 3.8) is 0 Å². The van der Waals surface area contributed by atoms with Crippen LogP contribution in [0.5, 0.6) is 0 Å². The quantitative estimate of drug-likeness (QED) is 0.284. The van der Waals surface area contributed by atoms with Crippen molar-refractivity contribution in [2.45, 2.75) is 96.8 Å². The normalized spacial score (nSPS) is 11.5. The minimum Gasteiger partial charge on any atom is -0.396 e. The Morgan fingerprint density at radius 3 is 1.42 bits per heavy atom. The summed E-state index contributed by atoms with van der Waals surface area (Å²) < 4.78 is 0. The summed E-state index contributed by atoms with van der Waals surface area (Å²) in [6, 6.07) is 0. The molecule has 0 atom stereocenters. The van der Waals surface area contributed by atoms with Crippen LogP contribution in [0, 0.1) is 0 Å². The predicted octanol–water partition coefficient (Wildman–Crippen LogP) is 6.02. The average Bonchev–Trinajstić information content (AvgIpc) is 2.43. The lowest BCUT2D eigenvalue weighted by Crippen LogP contribution is -1.84. The number of allylic oxidation sites excluding steroid dienone is 2. The van der Waals surface area contributed by atoms with Crippen LogP contribution in [0.3, 0.4) is 0 Å². The van der Waals surface area contributed by atoms with E-state index < -0.39 is 0 Å². The van der Waals surface area contributed by atoms with E-state index >= 15 is 0 Å². The highest BCUT2D eigenvalue weighted by Gasteiger charge is 1.93. The molecule has 0 aromatic heterocycles. The van der Waals surface area contributed by atoms with E-state index in [1.165, 1.54) is 83.5 Å². The van der Waals surface area contributed by atoms with E-state index in [0.29, 0.717) is 6.61 Å². The van der Waals surface area contributed by atoms with E-state index in [1.54, 1.807) is 0 Å². The van der Waals surface area contributed by atoms with Gasteiger partial charge in [-0.3, -0.25) is 0 Å². The molecular formula is C18H36O. The molecule has 0 heterocycles. The van der Waals surface area contributed by atoms with Crippen LogP contribution in [0.2, 0.25) is 0 Å². The molecule has 0 amide bonds. The highest BCUT2D eigenvalue weighted by atomic mass is 16.2. The molecule has 0 aliphatic rings. The van der Waals surface area contributed by atoms with Crippen molar-refractivity contribution >= 4 is 0 Å². The summed E-state index contributed by atoms with van der Waals surface area (Å²) in [5.74, 6) is 0. The van der Waals surface area contributed by atoms with Gasteiger partial charge in [-0.05, 0) is 25.7 Å². The fourth-order valence-corrected chi connectivity index (χ4v) is 2.43. The molecule has 0 bridgehead atoms. The third-order valence-corrected chi connectivity index (χ3v) is 3.68. The lowest BCUT2D eigenvalue weighted by molar-refractivity contribution is 0.282. The Morgan fingerprint density at radius 1 is 0.579 bits per heavy atom. The third-order valence-electron chi connectivity index (χ3n) is 3.68. The molecule has 1 heteroatoms. The fraction of sp³-hybridized carbons (Fsp3) is 0.889. The van der Waals surface area contributed by atoms with Gasteiger partial charge in [-0.1, -0.05) is 83.3 Å². The van der Waals surface area contributed by atoms with Gasteiger partial charge in [0.1, 0.15) is 0 Å². The zero-order chi connectivity index (χ0) is 14.0. The molecule has 0 aromatic rings. The van der Waals surface area contributed by atoms with Crippen molar-refractivity contribution in [2.75, 3.05) is 6.61 Å². The van der Waals surface area contributed by atoms with Gasteiger partial charge >= 0.3 is 0 Å². The van der Waals surface area contributed by atoms with Gasteiger partial charge in [0.25, 0.3) is 0 Å². The number of hydrogen-bond acceptors (Lipinski definition) is 1. The number of rotatable bonds is 15. The number of aliphatic hydroxyl groups is 1. The Hall–Kier alpha value is -0.300. The number of aliphatic hydroxyl groups excluding tert-OH is 1. The minimum atomic E-state index is 0.369. The molecule has 1 N–H and O–H groups in total. The van der Waals surface area contributed by atoms with Gasteiger partial charge < -0.3 is 5.11 Å². The zero-order valence-electron chi connectivity index (χ0n) is 13.2. The van der Waals surface area contributed by atoms with Crippen LogP contribution >= 0.6 is 0 Å². The molecule has 0 saturated heterocycles. The molecule has 1 nitrogen and oxygen atoms in total. The summed E-state index contributed by atoms with van der Waals surface area (Å²) in [7, 11) is 0. The Kier molecular flexibility index (Phi) is 17.4. The van der Waals surface area contributed by atoms with Gasteiger partial charge in [-0.25, -0.2) is 0 Å². The molecule has 0 unspecified atom stereocenters. The SMILES string of the molecule is CCC=CCCCCCCCCCCCCCCO. The summed E-state index contributed by atoms with van der Waals surface area (Å²) in [4.78, 5) is 0. The first-order valence-electron chi connectivity index (χ1n) is 8.67. The van der Waals surface area contributed by atoms with E-state index in [-0.39, 0.29) is 0 Å². The average molecular weight is 268 g/mol. The van der Waals surface area contributed by atoms with E-state index in [0.717, 1.165) is 6.42 Å². The van der Waals surface area contributed by atoms with Crippen LogP contribution in [0.4, 0.5) is 0 Å². The lowest BCUT2D eigenvalue weighted by atomic mass is 10.0. The summed E-state index contributed by atoms with van der Waals surface area (Å²) in [5.41, 5.74) is 0. The first kappa shape index (κ1) is 18.7. The van der Waals surface area contributed by atoms with Crippen LogP contribution in [0.15, 0.2) is 12.2 Å². The fourth-order valence-electron chi connectivity index (χ4n) is 2.43. The summed E-state index contributed by atoms with van der Waals surface area (Å²) in [5, 5.41) is 8.67. The van der Waals surface area contributed by atoms with E-state index in [9.17, 15) is 0 Å². The monoisotopic (exact) mass is 268 g/mol. The molecule has 0 spiro atoms. The van der Waals surface area contributed by atoms with Crippen molar-refractivity contribution in [1.82, 2.24) is 0 Å². The Labute approximate surface area is 121 Å². The maximum absolute atomic E-state index is 8.67. The summed E-state index contributed by atoms with van der Waals surface area (Å²) in [6.45, 7) is 2.57. The van der Waals surface area contributed by atoms with E-state index in [4.69, 9.17) is 5.11 Å². The van der Waals surface area contributed by atoms with Crippen LogP contribution in [-0.4, -0.2) is 11.7 Å². The summed E-state index contributed by atoms with van der Waals surface area (Å²) in [6.07, 6.45) is 23.3. The topological polar surface area (TPSA) is 20.2 Å². The second-order valence-electron chi connectivity index (χ2n) is 5.63. The second-order valence-corrected chi connectivity index (χ2v) is 5.63. The molecule has 0 saturated carbocycles. The van der Waals surface area contributed by atoms with Crippen molar-refractivity contribution in [1.29, 1.82) is 0 Å². The van der Waals surface area contributed by atoms with E-state index in [1.807, 2.05) is 0 Å². The number of unbranched alkanes of at least 4 members (excludes halogenated alkanes) is 12. The molecule has 0 aliphatic carbocycles. The van der Waals surface area contributed by atoms with E-state index in [2.05, 4.69) is 19.1 Å². The van der Waals surface area contributed by atoms with Gasteiger partial charge in [-0.2, -0.15) is 0 Å². The molecule has 0 fully saturated rings. The smallest absolute Gasteiger partial charge is 0.0431 e. The highest BCUT2D eigenvalue weighted by Crippen LogP contribution is 2.12. The lowest BCUT2D eigenvalue weighted by Gasteiger charge is -2.02. The van der Waals surface area contributed by atoms with Gasteiger partial charge in [0, 0.05) is 6.61 Å². The predicted molar refractivity (Wildman–Crippen MR) is 86.5 cm³/mol. The van der Waals surface area contributed by atoms with Crippen molar-refractivity contribution in [3.05, 3.63) is 12.2 Å². The van der Waals surface area contributed by atoms with Gasteiger partial charge in [-0.15, -0.1) is 0 Å². The van der Waals surface area contributed by atoms with Gasteiger partial charge in [0.2, 0.25) is 0 Å². The summed E-state index contributed by atoms with van der Waals surface area (Å²) >= 11 is 0. The molecule has 0 aliphatic heterocycles.